The largest absolute Gasteiger partial charge is 0.495 e. The van der Waals surface area contributed by atoms with Crippen molar-refractivity contribution in [2.75, 3.05) is 7.11 Å². The fraction of sp³-hybridized carbons (Fsp3) is 0.0870. The van der Waals surface area contributed by atoms with Gasteiger partial charge in [-0.3, -0.25) is 4.79 Å². The van der Waals surface area contributed by atoms with Crippen LogP contribution >= 0.6 is 11.6 Å². The first-order chi connectivity index (χ1) is 15.3. The average molecular weight is 458 g/mol. The number of para-hydroxylation sites is 1. The molecule has 32 heavy (non-hydrogen) atoms. The van der Waals surface area contributed by atoms with Crippen molar-refractivity contribution in [2.24, 2.45) is 5.10 Å². The van der Waals surface area contributed by atoms with Crippen molar-refractivity contribution in [2.45, 2.75) is 6.18 Å². The van der Waals surface area contributed by atoms with E-state index in [9.17, 15) is 18.0 Å². The number of ether oxygens (including phenoxy) is 1. The molecule has 4 aromatic rings. The molecule has 0 atom stereocenters. The molecule has 5 nitrogen and oxygen atoms in total. The van der Waals surface area contributed by atoms with Gasteiger partial charge in [-0.15, -0.1) is 0 Å². The van der Waals surface area contributed by atoms with Crippen molar-refractivity contribution in [1.29, 1.82) is 0 Å². The van der Waals surface area contributed by atoms with Crippen LogP contribution in [0.3, 0.4) is 0 Å². The van der Waals surface area contributed by atoms with Gasteiger partial charge in [0.05, 0.1) is 34.8 Å². The fourth-order valence-electron chi connectivity index (χ4n) is 3.14. The highest BCUT2D eigenvalue weighted by Crippen LogP contribution is 2.32. The van der Waals surface area contributed by atoms with Gasteiger partial charge in [0.15, 0.2) is 5.82 Å². The molecule has 0 unspecified atom stereocenters. The highest BCUT2D eigenvalue weighted by molar-refractivity contribution is 6.32. The molecule has 9 heteroatoms. The number of halogens is 4. The summed E-state index contributed by atoms with van der Waals surface area (Å²) in [6, 6.07) is 16.1. The van der Waals surface area contributed by atoms with Crippen molar-refractivity contribution in [3.05, 3.63) is 93.2 Å². The number of fused-ring (bicyclic) bond motifs is 1. The van der Waals surface area contributed by atoms with Crippen molar-refractivity contribution in [3.63, 3.8) is 0 Å². The van der Waals surface area contributed by atoms with Gasteiger partial charge in [0.25, 0.3) is 5.56 Å². The van der Waals surface area contributed by atoms with Gasteiger partial charge >= 0.3 is 6.18 Å². The SMILES string of the molecule is COc1ccc(C=Nn2c(-c3cccc(C(F)(F)F)c3)nc3ccccc3c2=O)cc1Cl. The minimum absolute atomic E-state index is 0.0179. The Morgan fingerprint density at radius 2 is 1.84 bits per heavy atom. The van der Waals surface area contributed by atoms with E-state index < -0.39 is 17.3 Å². The van der Waals surface area contributed by atoms with E-state index in [4.69, 9.17) is 16.3 Å². The van der Waals surface area contributed by atoms with Crippen LogP contribution in [0.2, 0.25) is 5.02 Å². The first kappa shape index (κ1) is 21.6. The molecule has 0 N–H and O–H groups in total. The molecule has 0 amide bonds. The second-order valence-corrected chi connectivity index (χ2v) is 7.19. The zero-order valence-corrected chi connectivity index (χ0v) is 17.4. The second kappa shape index (κ2) is 8.47. The van der Waals surface area contributed by atoms with Gasteiger partial charge < -0.3 is 4.74 Å². The van der Waals surface area contributed by atoms with Crippen LogP contribution in [-0.4, -0.2) is 23.0 Å². The van der Waals surface area contributed by atoms with Gasteiger partial charge in [-0.2, -0.15) is 22.9 Å². The molecule has 4 rings (SSSR count). The number of alkyl halides is 3. The summed E-state index contributed by atoms with van der Waals surface area (Å²) in [5.41, 5.74) is -0.351. The average Bonchev–Trinajstić information content (AvgIpc) is 2.78. The fourth-order valence-corrected chi connectivity index (χ4v) is 3.41. The number of rotatable bonds is 4. The number of hydrogen-bond acceptors (Lipinski definition) is 4. The summed E-state index contributed by atoms with van der Waals surface area (Å²) in [6.07, 6.45) is -3.17. The zero-order valence-electron chi connectivity index (χ0n) is 16.6. The standard InChI is InChI=1S/C23H15ClF3N3O2/c1-32-20-10-9-14(11-18(20)24)13-28-30-21(15-5-4-6-16(12-15)23(25,26)27)29-19-8-3-2-7-17(19)22(30)31/h2-13H,1H3. The summed E-state index contributed by atoms with van der Waals surface area (Å²) in [5, 5.41) is 4.86. The van der Waals surface area contributed by atoms with Crippen molar-refractivity contribution in [3.8, 4) is 17.1 Å². The van der Waals surface area contributed by atoms with Crippen LogP contribution in [0.4, 0.5) is 13.2 Å². The van der Waals surface area contributed by atoms with Crippen molar-refractivity contribution < 1.29 is 17.9 Å². The molecule has 0 aliphatic heterocycles. The number of nitrogens with zero attached hydrogens (tertiary/aromatic N) is 3. The molecule has 0 spiro atoms. The van der Waals surface area contributed by atoms with E-state index in [-0.39, 0.29) is 16.8 Å². The molecule has 1 heterocycles. The lowest BCUT2D eigenvalue weighted by Crippen LogP contribution is -2.20. The third kappa shape index (κ3) is 4.22. The van der Waals surface area contributed by atoms with E-state index in [0.29, 0.717) is 21.9 Å². The van der Waals surface area contributed by atoms with E-state index >= 15 is 0 Å². The van der Waals surface area contributed by atoms with E-state index in [2.05, 4.69) is 10.1 Å². The summed E-state index contributed by atoms with van der Waals surface area (Å²) < 4.78 is 45.8. The van der Waals surface area contributed by atoms with Gasteiger partial charge in [-0.1, -0.05) is 35.9 Å². The van der Waals surface area contributed by atoms with Crippen molar-refractivity contribution in [1.82, 2.24) is 9.66 Å². The highest BCUT2D eigenvalue weighted by Gasteiger charge is 2.30. The van der Waals surface area contributed by atoms with E-state index in [1.165, 1.54) is 25.5 Å². The maximum Gasteiger partial charge on any atom is 0.416 e. The van der Waals surface area contributed by atoms with Gasteiger partial charge in [-0.05, 0) is 48.0 Å². The molecule has 0 aliphatic rings. The first-order valence-corrected chi connectivity index (χ1v) is 9.73. The van der Waals surface area contributed by atoms with Crippen LogP contribution in [0.15, 0.2) is 76.6 Å². The van der Waals surface area contributed by atoms with Crippen LogP contribution in [-0.2, 0) is 6.18 Å². The Kier molecular flexibility index (Phi) is 5.71. The molecule has 3 aromatic carbocycles. The predicted molar refractivity (Wildman–Crippen MR) is 117 cm³/mol. The lowest BCUT2D eigenvalue weighted by molar-refractivity contribution is -0.137. The summed E-state index contributed by atoms with van der Waals surface area (Å²) in [4.78, 5) is 17.6. The maximum absolute atomic E-state index is 13.2. The quantitative estimate of drug-likeness (QED) is 0.373. The Hall–Kier alpha value is -3.65. The van der Waals surface area contributed by atoms with Gasteiger partial charge in [0, 0.05) is 5.56 Å². The number of benzene rings is 3. The molecule has 1 aromatic heterocycles. The Labute approximate surface area is 185 Å². The monoisotopic (exact) mass is 457 g/mol. The van der Waals surface area contributed by atoms with Crippen LogP contribution in [0.25, 0.3) is 22.3 Å². The van der Waals surface area contributed by atoms with Crippen molar-refractivity contribution >= 4 is 28.7 Å². The van der Waals surface area contributed by atoms with Crippen LogP contribution < -0.4 is 10.3 Å². The Morgan fingerprint density at radius 3 is 2.56 bits per heavy atom. The molecule has 0 aliphatic carbocycles. The number of hydrogen-bond donors (Lipinski definition) is 0. The molecule has 0 bridgehead atoms. The summed E-state index contributed by atoms with van der Waals surface area (Å²) in [6.45, 7) is 0. The van der Waals surface area contributed by atoms with Crippen LogP contribution in [0, 0.1) is 0 Å². The zero-order chi connectivity index (χ0) is 22.9. The normalized spacial score (nSPS) is 11.9. The minimum atomic E-state index is -4.54. The number of aromatic nitrogens is 2. The highest BCUT2D eigenvalue weighted by atomic mass is 35.5. The summed E-state index contributed by atoms with van der Waals surface area (Å²) >= 11 is 6.13. The van der Waals surface area contributed by atoms with E-state index in [0.717, 1.165) is 16.8 Å². The van der Waals surface area contributed by atoms with Crippen LogP contribution in [0.1, 0.15) is 11.1 Å². The lowest BCUT2D eigenvalue weighted by atomic mass is 10.1. The third-order valence-electron chi connectivity index (χ3n) is 4.70. The topological polar surface area (TPSA) is 56.5 Å². The van der Waals surface area contributed by atoms with Crippen LogP contribution in [0.5, 0.6) is 5.75 Å². The predicted octanol–water partition coefficient (Wildman–Crippen LogP) is 5.63. The van der Waals surface area contributed by atoms with E-state index in [1.807, 2.05) is 0 Å². The molecule has 0 saturated carbocycles. The molecular weight excluding hydrogens is 443 g/mol. The third-order valence-corrected chi connectivity index (χ3v) is 5.00. The summed E-state index contributed by atoms with van der Waals surface area (Å²) in [5.74, 6) is 0.452. The molecule has 162 valence electrons. The molecule has 0 fully saturated rings. The smallest absolute Gasteiger partial charge is 0.416 e. The van der Waals surface area contributed by atoms with E-state index in [1.54, 1.807) is 42.5 Å². The Bertz CT molecular complexity index is 1400. The number of methoxy groups -OCH3 is 1. The summed E-state index contributed by atoms with van der Waals surface area (Å²) in [7, 11) is 1.48. The molecular formula is C23H15ClF3N3O2. The minimum Gasteiger partial charge on any atom is -0.495 e. The maximum atomic E-state index is 13.2. The second-order valence-electron chi connectivity index (χ2n) is 6.79. The van der Waals surface area contributed by atoms with Gasteiger partial charge in [-0.25, -0.2) is 4.98 Å². The van der Waals surface area contributed by atoms with Gasteiger partial charge in [0.2, 0.25) is 0 Å². The Balaban J connectivity index is 1.91. The molecule has 0 radical (unpaired) electrons. The first-order valence-electron chi connectivity index (χ1n) is 9.35. The van der Waals surface area contributed by atoms with Gasteiger partial charge in [0.1, 0.15) is 5.75 Å². The Morgan fingerprint density at radius 1 is 1.06 bits per heavy atom. The molecule has 0 saturated heterocycles. The lowest BCUT2D eigenvalue weighted by Gasteiger charge is -2.12.